The molecule has 28 heavy (non-hydrogen) atoms. The highest BCUT2D eigenvalue weighted by Gasteiger charge is 2.39. The van der Waals surface area contributed by atoms with Gasteiger partial charge in [0.1, 0.15) is 15.4 Å². The molecular formula is C21H23N3O3S. The van der Waals surface area contributed by atoms with Crippen LogP contribution in [0.1, 0.15) is 47.5 Å². The molecule has 2 aromatic rings. The molecule has 1 aromatic carbocycles. The van der Waals surface area contributed by atoms with E-state index in [1.807, 2.05) is 30.3 Å². The van der Waals surface area contributed by atoms with Gasteiger partial charge in [-0.2, -0.15) is 5.26 Å². The van der Waals surface area contributed by atoms with Gasteiger partial charge < -0.3 is 9.64 Å². The minimum atomic E-state index is -0.789. The minimum Gasteiger partial charge on any atom is -0.451 e. The second kappa shape index (κ2) is 8.53. The molecule has 1 aromatic heterocycles. The lowest BCUT2D eigenvalue weighted by Crippen LogP contribution is -2.51. The normalized spacial score (nSPS) is 15.5. The average molecular weight is 398 g/mol. The van der Waals surface area contributed by atoms with Crippen LogP contribution in [0, 0.1) is 18.3 Å². The van der Waals surface area contributed by atoms with Gasteiger partial charge in [-0.15, -0.1) is 11.3 Å². The number of benzene rings is 1. The van der Waals surface area contributed by atoms with E-state index in [0.29, 0.717) is 23.4 Å². The summed E-state index contributed by atoms with van der Waals surface area (Å²) in [5.74, 6) is -0.921. The number of hydrogen-bond donors (Lipinski definition) is 0. The van der Waals surface area contributed by atoms with Crippen molar-refractivity contribution < 1.29 is 14.3 Å². The maximum absolute atomic E-state index is 12.5. The Hall–Kier alpha value is -2.72. The van der Waals surface area contributed by atoms with Gasteiger partial charge in [0.2, 0.25) is 0 Å². The monoisotopic (exact) mass is 397 g/mol. The quantitative estimate of drug-likeness (QED) is 0.713. The molecule has 1 heterocycles. The average Bonchev–Trinajstić information content (AvgIpc) is 3.14. The van der Waals surface area contributed by atoms with E-state index in [1.165, 1.54) is 16.2 Å². The number of esters is 1. The standard InChI is InChI=1S/C21H23N3O3S/c1-15-18(28-19(23-15)16-9-5-3-6-10-16)20(26)27-13-17(25)24(2)21(14-22)11-7-4-8-12-21/h3,5-6,9-10H,4,7-8,11-13H2,1-2H3. The van der Waals surface area contributed by atoms with Crippen LogP contribution in [0.3, 0.4) is 0 Å². The van der Waals surface area contributed by atoms with Crippen molar-refractivity contribution in [3.63, 3.8) is 0 Å². The largest absolute Gasteiger partial charge is 0.451 e. The van der Waals surface area contributed by atoms with Crippen molar-refractivity contribution in [2.75, 3.05) is 13.7 Å². The summed E-state index contributed by atoms with van der Waals surface area (Å²) in [6, 6.07) is 11.9. The summed E-state index contributed by atoms with van der Waals surface area (Å²) >= 11 is 1.25. The molecule has 0 saturated heterocycles. The first-order chi connectivity index (χ1) is 13.5. The zero-order valence-corrected chi connectivity index (χ0v) is 16.9. The van der Waals surface area contributed by atoms with Gasteiger partial charge in [0.05, 0.1) is 11.8 Å². The smallest absolute Gasteiger partial charge is 0.350 e. The lowest BCUT2D eigenvalue weighted by Gasteiger charge is -2.38. The molecule has 0 spiro atoms. The summed E-state index contributed by atoms with van der Waals surface area (Å²) in [5.41, 5.74) is 0.719. The molecule has 1 amide bonds. The van der Waals surface area contributed by atoms with Gasteiger partial charge in [-0.25, -0.2) is 9.78 Å². The number of thiazole rings is 1. The summed E-state index contributed by atoms with van der Waals surface area (Å²) < 4.78 is 5.25. The Morgan fingerprint density at radius 3 is 2.57 bits per heavy atom. The molecule has 0 unspecified atom stereocenters. The maximum atomic E-state index is 12.5. The lowest BCUT2D eigenvalue weighted by molar-refractivity contribution is -0.138. The molecule has 0 aliphatic heterocycles. The van der Waals surface area contributed by atoms with E-state index in [-0.39, 0.29) is 12.5 Å². The second-order valence-electron chi connectivity index (χ2n) is 7.03. The predicted molar refractivity (Wildman–Crippen MR) is 107 cm³/mol. The van der Waals surface area contributed by atoms with Crippen LogP contribution in [0.25, 0.3) is 10.6 Å². The van der Waals surface area contributed by atoms with E-state index in [1.54, 1.807) is 14.0 Å². The Kier molecular flexibility index (Phi) is 6.10. The summed E-state index contributed by atoms with van der Waals surface area (Å²) in [5, 5.41) is 10.3. The molecule has 1 saturated carbocycles. The Morgan fingerprint density at radius 1 is 1.25 bits per heavy atom. The molecule has 0 radical (unpaired) electrons. The molecular weight excluding hydrogens is 374 g/mol. The number of amides is 1. The molecule has 0 N–H and O–H groups in total. The summed E-state index contributed by atoms with van der Waals surface area (Å²) in [4.78, 5) is 31.3. The fraction of sp³-hybridized carbons (Fsp3) is 0.429. The van der Waals surface area contributed by atoms with Crippen molar-refractivity contribution >= 4 is 23.2 Å². The lowest BCUT2D eigenvalue weighted by atomic mass is 9.81. The van der Waals surface area contributed by atoms with Gasteiger partial charge >= 0.3 is 5.97 Å². The van der Waals surface area contributed by atoms with Crippen molar-refractivity contribution in [2.24, 2.45) is 0 Å². The highest BCUT2D eigenvalue weighted by Crippen LogP contribution is 2.32. The van der Waals surface area contributed by atoms with E-state index in [9.17, 15) is 14.9 Å². The van der Waals surface area contributed by atoms with Gasteiger partial charge in [-0.3, -0.25) is 4.79 Å². The molecule has 1 aliphatic rings. The second-order valence-corrected chi connectivity index (χ2v) is 8.03. The number of carbonyl (C=O) groups is 2. The maximum Gasteiger partial charge on any atom is 0.350 e. The van der Waals surface area contributed by atoms with Crippen LogP contribution in [0.15, 0.2) is 30.3 Å². The fourth-order valence-electron chi connectivity index (χ4n) is 3.48. The van der Waals surface area contributed by atoms with Crippen LogP contribution < -0.4 is 0 Å². The van der Waals surface area contributed by atoms with Crippen molar-refractivity contribution in [1.29, 1.82) is 5.26 Å². The molecule has 1 fully saturated rings. The van der Waals surface area contributed by atoms with E-state index < -0.39 is 11.5 Å². The zero-order valence-electron chi connectivity index (χ0n) is 16.1. The summed E-state index contributed by atoms with van der Waals surface area (Å²) in [6.45, 7) is 1.37. The SMILES string of the molecule is Cc1nc(-c2ccccc2)sc1C(=O)OCC(=O)N(C)C1(C#N)CCCCC1. The van der Waals surface area contributed by atoms with Gasteiger partial charge in [0.15, 0.2) is 6.61 Å². The topological polar surface area (TPSA) is 83.3 Å². The van der Waals surface area contributed by atoms with Gasteiger partial charge in [-0.1, -0.05) is 49.6 Å². The molecule has 3 rings (SSSR count). The van der Waals surface area contributed by atoms with Crippen molar-refractivity contribution in [1.82, 2.24) is 9.88 Å². The Labute approximate surface area is 168 Å². The van der Waals surface area contributed by atoms with Crippen molar-refractivity contribution in [2.45, 2.75) is 44.6 Å². The molecule has 7 heteroatoms. The minimum absolute atomic E-state index is 0.359. The Morgan fingerprint density at radius 2 is 1.93 bits per heavy atom. The number of rotatable bonds is 5. The van der Waals surface area contributed by atoms with E-state index in [2.05, 4.69) is 11.1 Å². The number of ether oxygens (including phenoxy) is 1. The van der Waals surface area contributed by atoms with E-state index in [0.717, 1.165) is 29.8 Å². The summed E-state index contributed by atoms with van der Waals surface area (Å²) in [7, 11) is 1.62. The highest BCUT2D eigenvalue weighted by atomic mass is 32.1. The fourth-order valence-corrected chi connectivity index (χ4v) is 4.44. The Bertz CT molecular complexity index is 895. The third-order valence-electron chi connectivity index (χ3n) is 5.23. The van der Waals surface area contributed by atoms with Gasteiger partial charge in [-0.05, 0) is 19.8 Å². The third kappa shape index (κ3) is 4.07. The number of aromatic nitrogens is 1. The third-order valence-corrected chi connectivity index (χ3v) is 6.42. The van der Waals surface area contributed by atoms with Crippen LogP contribution in [-0.2, 0) is 9.53 Å². The number of carbonyl (C=O) groups excluding carboxylic acids is 2. The molecule has 146 valence electrons. The van der Waals surface area contributed by atoms with Crippen molar-refractivity contribution in [3.8, 4) is 16.6 Å². The first-order valence-electron chi connectivity index (χ1n) is 9.35. The van der Waals surface area contributed by atoms with E-state index >= 15 is 0 Å². The molecule has 0 atom stereocenters. The van der Waals surface area contributed by atoms with Gasteiger partial charge in [0.25, 0.3) is 5.91 Å². The molecule has 1 aliphatic carbocycles. The van der Waals surface area contributed by atoms with Crippen LogP contribution in [0.5, 0.6) is 0 Å². The Balaban J connectivity index is 1.65. The first-order valence-corrected chi connectivity index (χ1v) is 10.2. The first kappa shape index (κ1) is 20.0. The molecule has 0 bridgehead atoms. The number of aryl methyl sites for hydroxylation is 1. The number of likely N-dealkylation sites (N-methyl/N-ethyl adjacent to an activating group) is 1. The van der Waals surface area contributed by atoms with E-state index in [4.69, 9.17) is 4.74 Å². The van der Waals surface area contributed by atoms with Crippen molar-refractivity contribution in [3.05, 3.63) is 40.9 Å². The number of nitrogens with zero attached hydrogens (tertiary/aromatic N) is 3. The zero-order chi connectivity index (χ0) is 20.1. The highest BCUT2D eigenvalue weighted by molar-refractivity contribution is 7.17. The predicted octanol–water partition coefficient (Wildman–Crippen LogP) is 3.96. The number of hydrogen-bond acceptors (Lipinski definition) is 6. The van der Waals surface area contributed by atoms with Crippen LogP contribution in [-0.4, -0.2) is 41.0 Å². The van der Waals surface area contributed by atoms with Crippen LogP contribution in [0.4, 0.5) is 0 Å². The summed E-state index contributed by atoms with van der Waals surface area (Å²) in [6.07, 6.45) is 4.25. The van der Waals surface area contributed by atoms with Crippen LogP contribution in [0.2, 0.25) is 0 Å². The van der Waals surface area contributed by atoms with Crippen LogP contribution >= 0.6 is 11.3 Å². The van der Waals surface area contributed by atoms with Gasteiger partial charge in [0, 0.05) is 12.6 Å². The number of nitriles is 1. The molecule has 6 nitrogen and oxygen atoms in total.